The van der Waals surface area contributed by atoms with Gasteiger partial charge in [0.15, 0.2) is 9.84 Å². The van der Waals surface area contributed by atoms with E-state index in [-0.39, 0.29) is 22.3 Å². The zero-order chi connectivity index (χ0) is 22.6. The van der Waals surface area contributed by atoms with Crippen molar-refractivity contribution >= 4 is 27.1 Å². The van der Waals surface area contributed by atoms with Gasteiger partial charge in [-0.05, 0) is 36.2 Å². The van der Waals surface area contributed by atoms with Crippen LogP contribution in [0, 0.1) is 5.92 Å². The number of hydrogen-bond donors (Lipinski definition) is 1. The van der Waals surface area contributed by atoms with Gasteiger partial charge in [-0.3, -0.25) is 4.79 Å². The Labute approximate surface area is 183 Å². The number of carbonyl (C=O) groups excluding carboxylic acids is 1. The number of H-pyrrole nitrogens is 1. The Morgan fingerprint density at radius 2 is 1.81 bits per heavy atom. The van der Waals surface area contributed by atoms with Crippen LogP contribution < -0.4 is 9.80 Å². The SMILES string of the molecule is CC(C)CN(C(=O)c1ccccc1S(C)(=O)=O)c1cccc(N(C)Cc2c[nH]cn2)c1. The number of hydrogen-bond acceptors (Lipinski definition) is 5. The average molecular weight is 441 g/mol. The van der Waals surface area contributed by atoms with Crippen LogP contribution >= 0.6 is 0 Å². The molecule has 0 saturated carbocycles. The van der Waals surface area contributed by atoms with Crippen molar-refractivity contribution in [2.75, 3.05) is 29.6 Å². The molecule has 0 aliphatic heterocycles. The summed E-state index contributed by atoms with van der Waals surface area (Å²) in [5, 5.41) is 0. The lowest BCUT2D eigenvalue weighted by Gasteiger charge is -2.27. The highest BCUT2D eigenvalue weighted by Gasteiger charge is 2.25. The first kappa shape index (κ1) is 22.6. The summed E-state index contributed by atoms with van der Waals surface area (Å²) in [6, 6.07) is 14.0. The van der Waals surface area contributed by atoms with Crippen LogP contribution in [-0.4, -0.2) is 44.1 Å². The van der Waals surface area contributed by atoms with Crippen molar-refractivity contribution < 1.29 is 13.2 Å². The summed E-state index contributed by atoms with van der Waals surface area (Å²) in [6.07, 6.45) is 4.61. The van der Waals surface area contributed by atoms with Crippen LogP contribution in [0.4, 0.5) is 11.4 Å². The largest absolute Gasteiger partial charge is 0.369 e. The van der Waals surface area contributed by atoms with Crippen molar-refractivity contribution in [3.05, 3.63) is 72.3 Å². The van der Waals surface area contributed by atoms with Crippen LogP contribution in [0.3, 0.4) is 0 Å². The molecule has 31 heavy (non-hydrogen) atoms. The molecule has 0 aliphatic rings. The van der Waals surface area contributed by atoms with E-state index in [2.05, 4.69) is 9.97 Å². The first-order valence-electron chi connectivity index (χ1n) is 10.1. The van der Waals surface area contributed by atoms with Crippen molar-refractivity contribution in [2.24, 2.45) is 5.92 Å². The summed E-state index contributed by atoms with van der Waals surface area (Å²) in [6.45, 7) is 5.12. The minimum absolute atomic E-state index is 0.0422. The van der Waals surface area contributed by atoms with Crippen molar-refractivity contribution in [1.29, 1.82) is 0 Å². The number of aromatic amines is 1. The summed E-state index contributed by atoms with van der Waals surface area (Å²) in [5.74, 6) is -0.137. The van der Waals surface area contributed by atoms with Crippen molar-refractivity contribution in [3.8, 4) is 0 Å². The van der Waals surface area contributed by atoms with Gasteiger partial charge in [-0.25, -0.2) is 13.4 Å². The van der Waals surface area contributed by atoms with Gasteiger partial charge in [-0.2, -0.15) is 0 Å². The third-order valence-corrected chi connectivity index (χ3v) is 6.00. The van der Waals surface area contributed by atoms with Crippen molar-refractivity contribution in [1.82, 2.24) is 9.97 Å². The molecule has 0 fully saturated rings. The number of sulfone groups is 1. The van der Waals surface area contributed by atoms with E-state index in [1.54, 1.807) is 29.4 Å². The molecule has 1 N–H and O–H groups in total. The van der Waals surface area contributed by atoms with Crippen LogP contribution in [0.2, 0.25) is 0 Å². The normalized spacial score (nSPS) is 11.5. The number of nitrogens with zero attached hydrogens (tertiary/aromatic N) is 3. The number of benzene rings is 2. The molecule has 0 saturated heterocycles. The second-order valence-corrected chi connectivity index (χ2v) is 10.00. The van der Waals surface area contributed by atoms with Gasteiger partial charge in [0.2, 0.25) is 0 Å². The van der Waals surface area contributed by atoms with E-state index in [1.807, 2.05) is 56.3 Å². The maximum atomic E-state index is 13.5. The van der Waals surface area contributed by atoms with Gasteiger partial charge < -0.3 is 14.8 Å². The predicted octanol–water partition coefficient (Wildman–Crippen LogP) is 3.75. The molecule has 0 bridgehead atoms. The van der Waals surface area contributed by atoms with Crippen LogP contribution in [0.15, 0.2) is 66.0 Å². The molecular formula is C23H28N4O3S. The van der Waals surface area contributed by atoms with E-state index < -0.39 is 9.84 Å². The molecule has 1 heterocycles. The Kier molecular flexibility index (Phi) is 6.80. The Bertz CT molecular complexity index is 1140. The van der Waals surface area contributed by atoms with Gasteiger partial charge in [0.25, 0.3) is 5.91 Å². The second kappa shape index (κ2) is 9.34. The molecule has 1 aromatic heterocycles. The van der Waals surface area contributed by atoms with Gasteiger partial charge in [0, 0.05) is 37.4 Å². The smallest absolute Gasteiger partial charge is 0.259 e. The van der Waals surface area contributed by atoms with E-state index >= 15 is 0 Å². The van der Waals surface area contributed by atoms with Crippen LogP contribution in [0.1, 0.15) is 29.9 Å². The lowest BCUT2D eigenvalue weighted by molar-refractivity contribution is 0.0980. The molecule has 0 atom stereocenters. The Balaban J connectivity index is 1.98. The molecule has 2 aromatic carbocycles. The number of amides is 1. The zero-order valence-corrected chi connectivity index (χ0v) is 19.1. The lowest BCUT2D eigenvalue weighted by Crippen LogP contribution is -2.35. The number of aromatic nitrogens is 2. The maximum Gasteiger partial charge on any atom is 0.259 e. The first-order chi connectivity index (χ1) is 14.7. The zero-order valence-electron chi connectivity index (χ0n) is 18.2. The van der Waals surface area contributed by atoms with Crippen molar-refractivity contribution in [2.45, 2.75) is 25.3 Å². The molecule has 0 radical (unpaired) electrons. The lowest BCUT2D eigenvalue weighted by atomic mass is 10.1. The maximum absolute atomic E-state index is 13.5. The monoisotopic (exact) mass is 440 g/mol. The van der Waals surface area contributed by atoms with E-state index in [1.165, 1.54) is 6.07 Å². The quantitative estimate of drug-likeness (QED) is 0.576. The van der Waals surface area contributed by atoms with Gasteiger partial charge in [-0.15, -0.1) is 0 Å². The van der Waals surface area contributed by atoms with Crippen LogP contribution in [-0.2, 0) is 16.4 Å². The minimum atomic E-state index is -3.54. The highest BCUT2D eigenvalue weighted by Crippen LogP contribution is 2.27. The Morgan fingerprint density at radius 1 is 1.10 bits per heavy atom. The fourth-order valence-corrected chi connectivity index (χ4v) is 4.27. The molecule has 1 amide bonds. The highest BCUT2D eigenvalue weighted by molar-refractivity contribution is 7.90. The molecule has 0 unspecified atom stereocenters. The van der Waals surface area contributed by atoms with Crippen LogP contribution in [0.25, 0.3) is 0 Å². The van der Waals surface area contributed by atoms with Gasteiger partial charge in [0.05, 0.1) is 29.0 Å². The molecule has 8 heteroatoms. The molecule has 3 aromatic rings. The number of carbonyl (C=O) groups is 1. The molecule has 0 spiro atoms. The first-order valence-corrected chi connectivity index (χ1v) is 12.0. The molecular weight excluding hydrogens is 412 g/mol. The summed E-state index contributed by atoms with van der Waals surface area (Å²) in [7, 11) is -1.58. The fraction of sp³-hybridized carbons (Fsp3) is 0.304. The summed E-state index contributed by atoms with van der Waals surface area (Å²) >= 11 is 0. The molecule has 3 rings (SSSR count). The fourth-order valence-electron chi connectivity index (χ4n) is 3.39. The predicted molar refractivity (Wildman–Crippen MR) is 123 cm³/mol. The average Bonchev–Trinajstić information content (AvgIpc) is 3.24. The summed E-state index contributed by atoms with van der Waals surface area (Å²) in [5.41, 5.74) is 2.73. The van der Waals surface area contributed by atoms with E-state index in [4.69, 9.17) is 0 Å². The summed E-state index contributed by atoms with van der Waals surface area (Å²) < 4.78 is 24.5. The van der Waals surface area contributed by atoms with Crippen molar-refractivity contribution in [3.63, 3.8) is 0 Å². The number of anilines is 2. The van der Waals surface area contributed by atoms with Gasteiger partial charge >= 0.3 is 0 Å². The second-order valence-electron chi connectivity index (χ2n) is 8.01. The topological polar surface area (TPSA) is 86.4 Å². The van der Waals surface area contributed by atoms with Gasteiger partial charge in [0.1, 0.15) is 0 Å². The number of rotatable bonds is 8. The molecule has 0 aliphatic carbocycles. The summed E-state index contributed by atoms with van der Waals surface area (Å²) in [4.78, 5) is 24.5. The number of imidazole rings is 1. The molecule has 164 valence electrons. The Hall–Kier alpha value is -3.13. The van der Waals surface area contributed by atoms with E-state index in [0.29, 0.717) is 18.8 Å². The minimum Gasteiger partial charge on any atom is -0.369 e. The third kappa shape index (κ3) is 5.52. The van der Waals surface area contributed by atoms with Gasteiger partial charge in [-0.1, -0.05) is 32.0 Å². The standard InChI is InChI=1S/C23H28N4O3S/c1-17(2)14-27(23(28)21-10-5-6-11-22(21)31(4,29)30)20-9-7-8-19(12-20)26(3)15-18-13-24-16-25-18/h5-13,16-17H,14-15H2,1-4H3,(H,24,25). The molecule has 7 nitrogen and oxygen atoms in total. The Morgan fingerprint density at radius 3 is 2.45 bits per heavy atom. The third-order valence-electron chi connectivity index (χ3n) is 4.85. The number of nitrogens with one attached hydrogen (secondary N) is 1. The van der Waals surface area contributed by atoms with E-state index in [0.717, 1.165) is 17.6 Å². The van der Waals surface area contributed by atoms with E-state index in [9.17, 15) is 13.2 Å². The highest BCUT2D eigenvalue weighted by atomic mass is 32.2. The van der Waals surface area contributed by atoms with Crippen LogP contribution in [0.5, 0.6) is 0 Å².